The van der Waals surface area contributed by atoms with Crippen molar-refractivity contribution in [3.05, 3.63) is 184 Å². The van der Waals surface area contributed by atoms with Crippen LogP contribution in [0.3, 0.4) is 0 Å². The number of nitriles is 1. The lowest BCUT2D eigenvalue weighted by atomic mass is 9.33. The third kappa shape index (κ3) is 5.06. The molecule has 0 atom stereocenters. The van der Waals surface area contributed by atoms with E-state index in [1.165, 1.54) is 133 Å². The second-order valence-electron chi connectivity index (χ2n) is 25.3. The summed E-state index contributed by atoms with van der Waals surface area (Å²) in [5.74, 6) is 0. The summed E-state index contributed by atoms with van der Waals surface area (Å²) in [6, 6.07) is 54.8. The molecule has 4 heteroatoms. The predicted octanol–water partition coefficient (Wildman–Crippen LogP) is 14.4. The third-order valence-electron chi connectivity index (χ3n) is 17.1. The van der Waals surface area contributed by atoms with Crippen LogP contribution in [0.15, 0.2) is 133 Å². The molecule has 0 N–H and O–H groups in total. The standard InChI is InChI=1S/C66H58BN3/c1-62(2,3)38-25-26-55-45(27-38)46-29-40(64(7,8)9)32-53-58(46)69(55)60-44(37-23-21-36(35-68)22-24-37)34-52-61-56(60)67(53)54-33-41(65(10,11)12)30-48-47-28-39(63(4,5)6)31-51(57(47)70(61)59(48)54)66(52)49-19-15-13-17-42(49)43-18-14-16-20-50(43)66/h13-34H,1-12H3. The van der Waals surface area contributed by atoms with Crippen LogP contribution in [0, 0.1) is 11.3 Å². The van der Waals surface area contributed by atoms with Crippen LogP contribution >= 0.6 is 0 Å². The zero-order valence-corrected chi connectivity index (χ0v) is 42.6. The molecule has 1 spiro atoms. The highest BCUT2D eigenvalue weighted by Crippen LogP contribution is 2.63. The smallest absolute Gasteiger partial charge is 0.252 e. The molecule has 3 aliphatic heterocycles. The van der Waals surface area contributed by atoms with E-state index in [4.69, 9.17) is 0 Å². The molecule has 14 rings (SSSR count). The molecule has 8 aromatic carbocycles. The molecule has 0 fully saturated rings. The summed E-state index contributed by atoms with van der Waals surface area (Å²) in [6.45, 7) is 28.4. The van der Waals surface area contributed by atoms with Crippen molar-refractivity contribution in [3.8, 4) is 39.7 Å². The molecule has 5 heterocycles. The highest BCUT2D eigenvalue weighted by Gasteiger charge is 2.55. The number of hydrogen-bond donors (Lipinski definition) is 0. The van der Waals surface area contributed by atoms with Gasteiger partial charge in [-0.25, -0.2) is 0 Å². The molecule has 1 aliphatic carbocycles. The van der Waals surface area contributed by atoms with Crippen LogP contribution in [-0.4, -0.2) is 15.8 Å². The summed E-state index contributed by atoms with van der Waals surface area (Å²) in [5, 5.41) is 15.5. The molecule has 0 saturated carbocycles. The third-order valence-corrected chi connectivity index (χ3v) is 17.1. The Labute approximate surface area is 412 Å². The zero-order chi connectivity index (χ0) is 48.5. The van der Waals surface area contributed by atoms with E-state index < -0.39 is 5.41 Å². The first kappa shape index (κ1) is 41.8. The lowest BCUT2D eigenvalue weighted by Gasteiger charge is -2.45. The van der Waals surface area contributed by atoms with Crippen molar-refractivity contribution in [2.75, 3.05) is 0 Å². The Morgan fingerprint density at radius 3 is 1.49 bits per heavy atom. The first-order chi connectivity index (χ1) is 33.2. The van der Waals surface area contributed by atoms with E-state index in [0.29, 0.717) is 5.56 Å². The van der Waals surface area contributed by atoms with Crippen molar-refractivity contribution in [2.24, 2.45) is 0 Å². The number of rotatable bonds is 1. The molecule has 3 nitrogen and oxygen atoms in total. The molecule has 4 aliphatic rings. The average molecular weight is 904 g/mol. The van der Waals surface area contributed by atoms with Gasteiger partial charge in [-0.1, -0.05) is 168 Å². The van der Waals surface area contributed by atoms with E-state index in [1.807, 2.05) is 12.1 Å². The van der Waals surface area contributed by atoms with Gasteiger partial charge in [-0.15, -0.1) is 0 Å². The van der Waals surface area contributed by atoms with Crippen molar-refractivity contribution in [1.82, 2.24) is 9.13 Å². The van der Waals surface area contributed by atoms with Crippen LogP contribution in [-0.2, 0) is 27.1 Å². The number of fused-ring (bicyclic) bond motifs is 14. The van der Waals surface area contributed by atoms with E-state index in [0.717, 1.165) is 5.56 Å². The fraction of sp³-hybridized carbons (Fsp3) is 0.258. The molecule has 2 aromatic heterocycles. The summed E-state index contributed by atoms with van der Waals surface area (Å²) in [7, 11) is 0. The highest BCUT2D eigenvalue weighted by molar-refractivity contribution is 7.00. The Bertz CT molecular complexity index is 4050. The van der Waals surface area contributed by atoms with Crippen molar-refractivity contribution in [1.29, 1.82) is 5.26 Å². The van der Waals surface area contributed by atoms with Crippen LogP contribution in [0.5, 0.6) is 0 Å². The molecule has 340 valence electrons. The van der Waals surface area contributed by atoms with Gasteiger partial charge in [0.2, 0.25) is 0 Å². The van der Waals surface area contributed by atoms with Gasteiger partial charge in [0.25, 0.3) is 6.71 Å². The molecule has 0 amide bonds. The summed E-state index contributed by atoms with van der Waals surface area (Å²) >= 11 is 0. The van der Waals surface area contributed by atoms with Crippen molar-refractivity contribution in [3.63, 3.8) is 0 Å². The summed E-state index contributed by atoms with van der Waals surface area (Å²) in [6.07, 6.45) is 0. The van der Waals surface area contributed by atoms with Gasteiger partial charge >= 0.3 is 0 Å². The predicted molar refractivity (Wildman–Crippen MR) is 296 cm³/mol. The van der Waals surface area contributed by atoms with Gasteiger partial charge in [0.05, 0.1) is 33.8 Å². The first-order valence-corrected chi connectivity index (χ1v) is 25.4. The summed E-state index contributed by atoms with van der Waals surface area (Å²) in [5.41, 5.74) is 27.3. The second-order valence-corrected chi connectivity index (χ2v) is 25.3. The monoisotopic (exact) mass is 903 g/mol. The Morgan fingerprint density at radius 2 is 0.929 bits per heavy atom. The van der Waals surface area contributed by atoms with E-state index in [2.05, 4.69) is 220 Å². The number of nitrogens with zero attached hydrogens (tertiary/aromatic N) is 3. The molecule has 0 saturated heterocycles. The Hall–Kier alpha value is -7.09. The van der Waals surface area contributed by atoms with Crippen molar-refractivity contribution < 1.29 is 0 Å². The Balaban J connectivity index is 1.31. The maximum absolute atomic E-state index is 10.2. The number of benzene rings is 8. The van der Waals surface area contributed by atoms with Crippen LogP contribution in [0.25, 0.3) is 77.2 Å². The van der Waals surface area contributed by atoms with Crippen LogP contribution < -0.4 is 16.4 Å². The number of hydrogen-bond acceptors (Lipinski definition) is 1. The van der Waals surface area contributed by atoms with Crippen molar-refractivity contribution in [2.45, 2.75) is 110 Å². The van der Waals surface area contributed by atoms with E-state index in [-0.39, 0.29) is 28.4 Å². The minimum Gasteiger partial charge on any atom is -0.310 e. The summed E-state index contributed by atoms with van der Waals surface area (Å²) < 4.78 is 5.44. The van der Waals surface area contributed by atoms with Gasteiger partial charge in [-0.2, -0.15) is 5.26 Å². The maximum atomic E-state index is 10.2. The Kier molecular flexibility index (Phi) is 7.77. The highest BCUT2D eigenvalue weighted by atomic mass is 15.1. The minimum atomic E-state index is -0.638. The fourth-order valence-corrected chi connectivity index (χ4v) is 13.5. The maximum Gasteiger partial charge on any atom is 0.252 e. The first-order valence-electron chi connectivity index (χ1n) is 25.4. The topological polar surface area (TPSA) is 33.6 Å². The summed E-state index contributed by atoms with van der Waals surface area (Å²) in [4.78, 5) is 0. The van der Waals surface area contributed by atoms with Gasteiger partial charge in [0.15, 0.2) is 0 Å². The van der Waals surface area contributed by atoms with Crippen LogP contribution in [0.2, 0.25) is 0 Å². The molecule has 70 heavy (non-hydrogen) atoms. The van der Waals surface area contributed by atoms with Crippen molar-refractivity contribution >= 4 is 66.7 Å². The lowest BCUT2D eigenvalue weighted by molar-refractivity contribution is 0.588. The van der Waals surface area contributed by atoms with Gasteiger partial charge < -0.3 is 9.13 Å². The van der Waals surface area contributed by atoms with E-state index >= 15 is 0 Å². The molecule has 0 bridgehead atoms. The van der Waals surface area contributed by atoms with Gasteiger partial charge in [-0.3, -0.25) is 0 Å². The SMILES string of the molecule is CC(C)(C)c1ccc2c(c1)c1cc(C(C)(C)C)cc3c1n2-c1c(-c2ccc(C#N)cc2)cc2c4c1B3c1cc(C(C)(C)C)cc3c5cc(C(C)(C)C)cc(c5n-4c13)C21c2ccccc2-c2ccccc21. The normalized spacial score (nSPS) is 14.9. The number of aromatic nitrogens is 2. The Morgan fingerprint density at radius 1 is 0.429 bits per heavy atom. The minimum absolute atomic E-state index is 0.0281. The van der Waals surface area contributed by atoms with Gasteiger partial charge in [0, 0.05) is 43.8 Å². The molecular formula is C66H58BN3. The van der Waals surface area contributed by atoms with Gasteiger partial charge in [-0.05, 0) is 148 Å². The average Bonchev–Trinajstić information content (AvgIpc) is 3.94. The zero-order valence-electron chi connectivity index (χ0n) is 42.6. The second kappa shape index (κ2) is 13.0. The van der Waals surface area contributed by atoms with Crippen LogP contribution in [0.4, 0.5) is 0 Å². The lowest BCUT2D eigenvalue weighted by Crippen LogP contribution is -2.61. The van der Waals surface area contributed by atoms with E-state index in [1.54, 1.807) is 0 Å². The molecule has 0 radical (unpaired) electrons. The van der Waals surface area contributed by atoms with Gasteiger partial charge in [0.1, 0.15) is 0 Å². The quantitative estimate of drug-likeness (QED) is 0.151. The fourth-order valence-electron chi connectivity index (χ4n) is 13.5. The van der Waals surface area contributed by atoms with E-state index in [9.17, 15) is 5.26 Å². The van der Waals surface area contributed by atoms with Crippen LogP contribution in [0.1, 0.15) is 133 Å². The molecule has 10 aromatic rings. The molecular weight excluding hydrogens is 846 g/mol. The largest absolute Gasteiger partial charge is 0.310 e. The molecule has 0 unspecified atom stereocenters.